The van der Waals surface area contributed by atoms with Gasteiger partial charge < -0.3 is 0 Å². The fourth-order valence-electron chi connectivity index (χ4n) is 1.56. The summed E-state index contributed by atoms with van der Waals surface area (Å²) < 4.78 is 0.487. The van der Waals surface area contributed by atoms with Crippen molar-refractivity contribution in [2.45, 2.75) is 12.8 Å². The average molecular weight is 264 g/mol. The second kappa shape index (κ2) is 4.91. The van der Waals surface area contributed by atoms with E-state index in [0.29, 0.717) is 11.0 Å². The second-order valence-electron chi connectivity index (χ2n) is 3.29. The van der Waals surface area contributed by atoms with Crippen molar-refractivity contribution in [2.24, 2.45) is 0 Å². The smallest absolute Gasteiger partial charge is 0.192 e. The number of nitrogens with one attached hydrogen (secondary N) is 2. The summed E-state index contributed by atoms with van der Waals surface area (Å²) >= 11 is 7.10. The third-order valence-corrected chi connectivity index (χ3v) is 3.31. The Morgan fingerprint density at radius 1 is 1.88 bits per heavy atom. The van der Waals surface area contributed by atoms with Crippen LogP contribution in [0.5, 0.6) is 0 Å². The molecule has 1 atom stereocenters. The van der Waals surface area contributed by atoms with Crippen molar-refractivity contribution in [3.05, 3.63) is 25.7 Å². The van der Waals surface area contributed by atoms with Crippen molar-refractivity contribution in [3.8, 4) is 0 Å². The molecular weight excluding hydrogens is 254 g/mol. The van der Waals surface area contributed by atoms with E-state index in [2.05, 4.69) is 15.7 Å². The number of hydrogen-bond donors (Lipinski definition) is 2. The summed E-state index contributed by atoms with van der Waals surface area (Å²) in [7, 11) is 0. The third-order valence-electron chi connectivity index (χ3n) is 2.21. The molecule has 0 aliphatic carbocycles. The van der Waals surface area contributed by atoms with Crippen LogP contribution < -0.4 is 10.7 Å². The SMILES string of the molecule is O=[N+]([O-])NC1NCCN1Cc1cnc(Cl)s1. The fourth-order valence-corrected chi connectivity index (χ4v) is 2.56. The van der Waals surface area contributed by atoms with Gasteiger partial charge >= 0.3 is 0 Å². The summed E-state index contributed by atoms with van der Waals surface area (Å²) in [6, 6.07) is 0. The third kappa shape index (κ3) is 2.79. The molecule has 1 unspecified atom stereocenters. The highest BCUT2D eigenvalue weighted by Gasteiger charge is 2.27. The molecule has 1 fully saturated rings. The first-order valence-electron chi connectivity index (χ1n) is 4.63. The van der Waals surface area contributed by atoms with Crippen LogP contribution in [0, 0.1) is 10.1 Å². The van der Waals surface area contributed by atoms with E-state index in [1.54, 1.807) is 6.20 Å². The zero-order valence-electron chi connectivity index (χ0n) is 8.22. The summed E-state index contributed by atoms with van der Waals surface area (Å²) in [6.45, 7) is 2.07. The fraction of sp³-hybridized carbons (Fsp3) is 0.571. The van der Waals surface area contributed by atoms with Gasteiger partial charge in [0.2, 0.25) is 0 Å². The monoisotopic (exact) mass is 263 g/mol. The number of hydrazine groups is 1. The van der Waals surface area contributed by atoms with E-state index in [4.69, 9.17) is 11.6 Å². The number of halogens is 1. The van der Waals surface area contributed by atoms with Gasteiger partial charge in [-0.1, -0.05) is 11.6 Å². The molecule has 1 aromatic rings. The molecule has 0 bridgehead atoms. The van der Waals surface area contributed by atoms with E-state index in [0.717, 1.165) is 18.0 Å². The van der Waals surface area contributed by atoms with Crippen molar-refractivity contribution in [2.75, 3.05) is 13.1 Å². The Hall–Kier alpha value is -0.960. The number of hydrogen-bond acceptors (Lipinski definition) is 6. The number of nitro groups is 1. The first kappa shape index (κ1) is 11.5. The Morgan fingerprint density at radius 3 is 3.31 bits per heavy atom. The summed E-state index contributed by atoms with van der Waals surface area (Å²) in [4.78, 5) is 17.2. The molecule has 7 nitrogen and oxygen atoms in total. The van der Waals surface area contributed by atoms with Crippen molar-refractivity contribution < 1.29 is 5.03 Å². The zero-order valence-corrected chi connectivity index (χ0v) is 9.79. The summed E-state index contributed by atoms with van der Waals surface area (Å²) in [6.07, 6.45) is 1.25. The Kier molecular flexibility index (Phi) is 3.54. The van der Waals surface area contributed by atoms with Crippen LogP contribution in [0.25, 0.3) is 0 Å². The van der Waals surface area contributed by atoms with Gasteiger partial charge in [-0.15, -0.1) is 16.8 Å². The van der Waals surface area contributed by atoms with Crippen LogP contribution in [-0.2, 0) is 6.54 Å². The van der Waals surface area contributed by atoms with Crippen molar-refractivity contribution in [1.82, 2.24) is 20.6 Å². The maximum Gasteiger partial charge on any atom is 0.192 e. The molecule has 0 saturated carbocycles. The lowest BCUT2D eigenvalue weighted by atomic mass is 10.5. The van der Waals surface area contributed by atoms with Gasteiger partial charge in [-0.05, 0) is 0 Å². The minimum absolute atomic E-state index is 0.434. The van der Waals surface area contributed by atoms with Crippen LogP contribution in [0.15, 0.2) is 6.20 Å². The summed E-state index contributed by atoms with van der Waals surface area (Å²) in [5.74, 6) is 0. The quantitative estimate of drug-likeness (QED) is 0.599. The van der Waals surface area contributed by atoms with E-state index < -0.39 is 11.3 Å². The zero-order chi connectivity index (χ0) is 11.5. The first-order chi connectivity index (χ1) is 7.65. The van der Waals surface area contributed by atoms with Crippen LogP contribution in [0.1, 0.15) is 4.88 Å². The van der Waals surface area contributed by atoms with Gasteiger partial charge in [-0.3, -0.25) is 10.2 Å². The molecule has 0 amide bonds. The highest BCUT2D eigenvalue weighted by atomic mass is 35.5. The van der Waals surface area contributed by atoms with Crippen LogP contribution in [0.3, 0.4) is 0 Å². The molecule has 0 radical (unpaired) electrons. The summed E-state index contributed by atoms with van der Waals surface area (Å²) in [5.41, 5.74) is 2.21. The molecule has 1 saturated heterocycles. The van der Waals surface area contributed by atoms with E-state index >= 15 is 0 Å². The Morgan fingerprint density at radius 2 is 2.69 bits per heavy atom. The molecule has 2 N–H and O–H groups in total. The maximum atomic E-state index is 10.4. The maximum absolute atomic E-state index is 10.4. The lowest BCUT2D eigenvalue weighted by molar-refractivity contribution is -0.556. The van der Waals surface area contributed by atoms with Gasteiger partial charge in [0.15, 0.2) is 15.8 Å². The van der Waals surface area contributed by atoms with E-state index in [9.17, 15) is 10.1 Å². The van der Waals surface area contributed by atoms with E-state index in [-0.39, 0.29) is 0 Å². The predicted molar refractivity (Wildman–Crippen MR) is 59.5 cm³/mol. The molecule has 1 aliphatic rings. The van der Waals surface area contributed by atoms with Crippen LogP contribution in [-0.4, -0.2) is 34.3 Å². The normalized spacial score (nSPS) is 21.2. The molecule has 1 aromatic heterocycles. The van der Waals surface area contributed by atoms with Crippen LogP contribution in [0.2, 0.25) is 4.47 Å². The van der Waals surface area contributed by atoms with Crippen LogP contribution >= 0.6 is 22.9 Å². The minimum Gasteiger partial charge on any atom is -0.279 e. The van der Waals surface area contributed by atoms with Crippen molar-refractivity contribution in [3.63, 3.8) is 0 Å². The highest BCUT2D eigenvalue weighted by Crippen LogP contribution is 2.20. The van der Waals surface area contributed by atoms with Gasteiger partial charge in [0, 0.05) is 30.7 Å². The number of thiazole rings is 1. The molecule has 0 aromatic carbocycles. The number of aromatic nitrogens is 1. The van der Waals surface area contributed by atoms with Crippen LogP contribution in [0.4, 0.5) is 0 Å². The first-order valence-corrected chi connectivity index (χ1v) is 5.83. The molecule has 2 rings (SSSR count). The highest BCUT2D eigenvalue weighted by molar-refractivity contribution is 7.15. The molecule has 0 spiro atoms. The molecule has 2 heterocycles. The topological polar surface area (TPSA) is 83.3 Å². The number of rotatable bonds is 4. The van der Waals surface area contributed by atoms with Gasteiger partial charge in [-0.2, -0.15) is 0 Å². The lowest BCUT2D eigenvalue weighted by Crippen LogP contribution is -2.49. The standard InChI is InChI=1S/C7H10ClN5O2S/c8-6-10-3-5(16-6)4-12-2-1-9-7(12)11-13(14)15/h3,7,9,11H,1-2,4H2. The Labute approximate surface area is 101 Å². The molecule has 9 heteroatoms. The average Bonchev–Trinajstić information content (AvgIpc) is 2.77. The van der Waals surface area contributed by atoms with Gasteiger partial charge in [0.1, 0.15) is 0 Å². The van der Waals surface area contributed by atoms with Crippen molar-refractivity contribution in [1.29, 1.82) is 0 Å². The van der Waals surface area contributed by atoms with Gasteiger partial charge in [0.05, 0.1) is 0 Å². The number of nitrogens with zero attached hydrogens (tertiary/aromatic N) is 3. The van der Waals surface area contributed by atoms with Gasteiger partial charge in [-0.25, -0.2) is 15.1 Å². The van der Waals surface area contributed by atoms with E-state index in [1.807, 2.05) is 4.90 Å². The Bertz CT molecular complexity index is 387. The second-order valence-corrected chi connectivity index (χ2v) is 4.99. The minimum atomic E-state index is -0.546. The molecular formula is C7H10ClN5O2S. The molecule has 16 heavy (non-hydrogen) atoms. The molecule has 1 aliphatic heterocycles. The predicted octanol–water partition coefficient (Wildman–Crippen LogP) is 0.267. The summed E-state index contributed by atoms with van der Waals surface area (Å²) in [5, 5.41) is 12.8. The Balaban J connectivity index is 1.95. The lowest BCUT2D eigenvalue weighted by Gasteiger charge is -2.19. The van der Waals surface area contributed by atoms with E-state index in [1.165, 1.54) is 11.3 Å². The van der Waals surface area contributed by atoms with Crippen molar-refractivity contribution >= 4 is 22.9 Å². The van der Waals surface area contributed by atoms with Gasteiger partial charge in [0.25, 0.3) is 0 Å². The molecule has 88 valence electrons. The largest absolute Gasteiger partial charge is 0.279 e.